The predicted molar refractivity (Wildman–Crippen MR) is 71.9 cm³/mol. The van der Waals surface area contributed by atoms with Crippen molar-refractivity contribution in [2.45, 2.75) is 33.1 Å². The third-order valence-electron chi connectivity index (χ3n) is 3.05. The first-order valence-electron chi connectivity index (χ1n) is 6.31. The van der Waals surface area contributed by atoms with Gasteiger partial charge in [-0.25, -0.2) is 0 Å². The van der Waals surface area contributed by atoms with Gasteiger partial charge in [0, 0.05) is 6.42 Å². The van der Waals surface area contributed by atoms with Crippen molar-refractivity contribution >= 4 is 5.78 Å². The number of rotatable bonds is 5. The summed E-state index contributed by atoms with van der Waals surface area (Å²) in [5.74, 6) is 1.72. The largest absolute Gasteiger partial charge is 0.466 e. The van der Waals surface area contributed by atoms with E-state index in [-0.39, 0.29) is 5.78 Å². The Hall–Kier alpha value is -1.83. The van der Waals surface area contributed by atoms with Crippen molar-refractivity contribution in [1.82, 2.24) is 0 Å². The topological polar surface area (TPSA) is 30.2 Å². The van der Waals surface area contributed by atoms with Gasteiger partial charge in [-0.2, -0.15) is 0 Å². The van der Waals surface area contributed by atoms with Gasteiger partial charge in [0.2, 0.25) is 0 Å². The SMILES string of the molecule is Cc1cc(C(=O)CCCc2ccccc2)c(C)o1. The summed E-state index contributed by atoms with van der Waals surface area (Å²) in [6.45, 7) is 3.71. The molecule has 0 saturated carbocycles. The molecule has 1 heterocycles. The average molecular weight is 242 g/mol. The van der Waals surface area contributed by atoms with Crippen molar-refractivity contribution in [2.24, 2.45) is 0 Å². The van der Waals surface area contributed by atoms with E-state index >= 15 is 0 Å². The number of Topliss-reactive ketones (excluding diaryl/α,β-unsaturated/α-hetero) is 1. The van der Waals surface area contributed by atoms with E-state index in [0.29, 0.717) is 6.42 Å². The zero-order valence-electron chi connectivity index (χ0n) is 10.9. The molecule has 0 aliphatic heterocycles. The van der Waals surface area contributed by atoms with Crippen LogP contribution in [-0.4, -0.2) is 5.78 Å². The number of carbonyl (C=O) groups is 1. The van der Waals surface area contributed by atoms with Crippen molar-refractivity contribution in [2.75, 3.05) is 0 Å². The Kier molecular flexibility index (Phi) is 3.98. The standard InChI is InChI=1S/C16H18O2/c1-12-11-15(13(2)18-12)16(17)10-6-9-14-7-4-3-5-8-14/h3-5,7-8,11H,6,9-10H2,1-2H3. The second-order valence-electron chi connectivity index (χ2n) is 4.59. The molecule has 1 aromatic carbocycles. The highest BCUT2D eigenvalue weighted by atomic mass is 16.3. The van der Waals surface area contributed by atoms with Gasteiger partial charge in [0.1, 0.15) is 11.5 Å². The lowest BCUT2D eigenvalue weighted by Crippen LogP contribution is -2.00. The summed E-state index contributed by atoms with van der Waals surface area (Å²) < 4.78 is 5.38. The quantitative estimate of drug-likeness (QED) is 0.739. The second-order valence-corrected chi connectivity index (χ2v) is 4.59. The van der Waals surface area contributed by atoms with Gasteiger partial charge in [0.25, 0.3) is 0 Å². The highest BCUT2D eigenvalue weighted by molar-refractivity contribution is 5.97. The maximum Gasteiger partial charge on any atom is 0.166 e. The number of carbonyl (C=O) groups excluding carboxylic acids is 1. The van der Waals surface area contributed by atoms with Crippen LogP contribution in [0, 0.1) is 13.8 Å². The number of aryl methyl sites for hydroxylation is 3. The summed E-state index contributed by atoms with van der Waals surface area (Å²) in [6.07, 6.45) is 2.41. The predicted octanol–water partition coefficient (Wildman–Crippen LogP) is 4.10. The smallest absolute Gasteiger partial charge is 0.166 e. The highest BCUT2D eigenvalue weighted by Crippen LogP contribution is 2.17. The molecule has 0 N–H and O–H groups in total. The van der Waals surface area contributed by atoms with E-state index in [4.69, 9.17) is 4.42 Å². The minimum atomic E-state index is 0.181. The molecular formula is C16H18O2. The van der Waals surface area contributed by atoms with Crippen LogP contribution in [0.1, 0.15) is 40.3 Å². The summed E-state index contributed by atoms with van der Waals surface area (Å²) in [5.41, 5.74) is 2.02. The summed E-state index contributed by atoms with van der Waals surface area (Å²) in [5, 5.41) is 0. The van der Waals surface area contributed by atoms with Crippen molar-refractivity contribution in [3.63, 3.8) is 0 Å². The highest BCUT2D eigenvalue weighted by Gasteiger charge is 2.12. The zero-order valence-corrected chi connectivity index (χ0v) is 10.9. The van der Waals surface area contributed by atoms with Gasteiger partial charge in [0.15, 0.2) is 5.78 Å². The van der Waals surface area contributed by atoms with Crippen molar-refractivity contribution in [3.8, 4) is 0 Å². The van der Waals surface area contributed by atoms with Crippen LogP contribution in [0.15, 0.2) is 40.8 Å². The van der Waals surface area contributed by atoms with Crippen molar-refractivity contribution in [1.29, 1.82) is 0 Å². The Morgan fingerprint density at radius 3 is 2.50 bits per heavy atom. The number of benzene rings is 1. The molecule has 2 rings (SSSR count). The average Bonchev–Trinajstić information content (AvgIpc) is 2.70. The molecule has 0 radical (unpaired) electrons. The van der Waals surface area contributed by atoms with E-state index in [1.807, 2.05) is 38.1 Å². The minimum absolute atomic E-state index is 0.181. The Bertz CT molecular complexity index is 523. The number of hydrogen-bond donors (Lipinski definition) is 0. The Labute approximate surface area is 108 Å². The van der Waals surface area contributed by atoms with E-state index in [2.05, 4.69) is 12.1 Å². The molecule has 2 heteroatoms. The molecule has 0 aliphatic carbocycles. The molecule has 0 bridgehead atoms. The molecule has 0 amide bonds. The van der Waals surface area contributed by atoms with E-state index < -0.39 is 0 Å². The summed E-state index contributed by atoms with van der Waals surface area (Å²) in [7, 11) is 0. The lowest BCUT2D eigenvalue weighted by atomic mass is 10.0. The second kappa shape index (κ2) is 5.67. The first-order valence-corrected chi connectivity index (χ1v) is 6.31. The number of hydrogen-bond acceptors (Lipinski definition) is 2. The molecule has 1 aromatic heterocycles. The molecule has 0 unspecified atom stereocenters. The van der Waals surface area contributed by atoms with Crippen LogP contribution in [0.3, 0.4) is 0 Å². The monoisotopic (exact) mass is 242 g/mol. The lowest BCUT2D eigenvalue weighted by Gasteiger charge is -2.01. The molecule has 18 heavy (non-hydrogen) atoms. The summed E-state index contributed by atoms with van der Waals surface area (Å²) in [6, 6.07) is 12.1. The molecule has 2 aromatic rings. The van der Waals surface area contributed by atoms with Gasteiger partial charge in [-0.05, 0) is 38.3 Å². The van der Waals surface area contributed by atoms with E-state index in [0.717, 1.165) is 29.9 Å². The zero-order chi connectivity index (χ0) is 13.0. The molecule has 0 saturated heterocycles. The van der Waals surface area contributed by atoms with Crippen LogP contribution in [0.4, 0.5) is 0 Å². The third-order valence-corrected chi connectivity index (χ3v) is 3.05. The van der Waals surface area contributed by atoms with Crippen LogP contribution in [-0.2, 0) is 6.42 Å². The molecule has 0 aliphatic rings. The molecule has 0 spiro atoms. The summed E-state index contributed by atoms with van der Waals surface area (Å²) in [4.78, 5) is 12.0. The number of ketones is 1. The van der Waals surface area contributed by atoms with Gasteiger partial charge in [-0.3, -0.25) is 4.79 Å². The van der Waals surface area contributed by atoms with E-state index in [9.17, 15) is 4.79 Å². The fourth-order valence-corrected chi connectivity index (χ4v) is 2.14. The van der Waals surface area contributed by atoms with Crippen molar-refractivity contribution in [3.05, 3.63) is 59.0 Å². The van der Waals surface area contributed by atoms with Gasteiger partial charge in [0.05, 0.1) is 5.56 Å². The third kappa shape index (κ3) is 3.10. The fourth-order valence-electron chi connectivity index (χ4n) is 2.14. The van der Waals surface area contributed by atoms with Crippen molar-refractivity contribution < 1.29 is 9.21 Å². The Morgan fingerprint density at radius 2 is 1.89 bits per heavy atom. The van der Waals surface area contributed by atoms with Crippen LogP contribution >= 0.6 is 0 Å². The van der Waals surface area contributed by atoms with Crippen LogP contribution in [0.2, 0.25) is 0 Å². The Balaban J connectivity index is 1.87. The fraction of sp³-hybridized carbons (Fsp3) is 0.312. The first kappa shape index (κ1) is 12.6. The number of furan rings is 1. The molecule has 0 atom stereocenters. The molecule has 2 nitrogen and oxygen atoms in total. The minimum Gasteiger partial charge on any atom is -0.466 e. The normalized spacial score (nSPS) is 10.6. The first-order chi connectivity index (χ1) is 8.66. The maximum absolute atomic E-state index is 12.0. The van der Waals surface area contributed by atoms with Crippen LogP contribution in [0.25, 0.3) is 0 Å². The van der Waals surface area contributed by atoms with Gasteiger partial charge in [-0.15, -0.1) is 0 Å². The van der Waals surface area contributed by atoms with Gasteiger partial charge in [-0.1, -0.05) is 30.3 Å². The van der Waals surface area contributed by atoms with E-state index in [1.165, 1.54) is 5.56 Å². The van der Waals surface area contributed by atoms with E-state index in [1.54, 1.807) is 0 Å². The molecular weight excluding hydrogens is 224 g/mol. The maximum atomic E-state index is 12.0. The molecule has 94 valence electrons. The molecule has 0 fully saturated rings. The summed E-state index contributed by atoms with van der Waals surface area (Å²) >= 11 is 0. The van der Waals surface area contributed by atoms with Crippen LogP contribution < -0.4 is 0 Å². The van der Waals surface area contributed by atoms with Crippen LogP contribution in [0.5, 0.6) is 0 Å². The van der Waals surface area contributed by atoms with Gasteiger partial charge >= 0.3 is 0 Å². The lowest BCUT2D eigenvalue weighted by molar-refractivity contribution is 0.0979. The Morgan fingerprint density at radius 1 is 1.17 bits per heavy atom. The van der Waals surface area contributed by atoms with Gasteiger partial charge < -0.3 is 4.42 Å².